The maximum Gasteiger partial charge on any atom is 0.0948 e. The average molecular weight is 449 g/mol. The molecule has 178 valence electrons. The lowest BCUT2D eigenvalue weighted by atomic mass is 9.77. The van der Waals surface area contributed by atoms with Crippen LogP contribution in [0.3, 0.4) is 0 Å². The number of nitrogens with one attached hydrogen (secondary N) is 3. The Labute approximate surface area is 199 Å². The van der Waals surface area contributed by atoms with Gasteiger partial charge in [0.1, 0.15) is 0 Å². The zero-order chi connectivity index (χ0) is 23.6. The van der Waals surface area contributed by atoms with E-state index in [0.717, 1.165) is 32.7 Å². The van der Waals surface area contributed by atoms with Crippen LogP contribution in [-0.4, -0.2) is 52.4 Å². The maximum absolute atomic E-state index is 5.59. The van der Waals surface area contributed by atoms with Crippen LogP contribution in [0, 0.1) is 0 Å². The minimum absolute atomic E-state index is 0.395. The van der Waals surface area contributed by atoms with Crippen LogP contribution in [0.4, 0.5) is 0 Å². The fourth-order valence-corrected chi connectivity index (χ4v) is 3.77. The SMILES string of the molecule is NCCNCCN.NCCNCCNC(c1ccccc1)(c1ccccc1)c1ccccc1. The van der Waals surface area contributed by atoms with Crippen molar-refractivity contribution in [1.29, 1.82) is 0 Å². The first-order chi connectivity index (χ1) is 16.3. The highest BCUT2D eigenvalue weighted by molar-refractivity contribution is 5.49. The summed E-state index contributed by atoms with van der Waals surface area (Å²) in [6.07, 6.45) is 0. The zero-order valence-electron chi connectivity index (χ0n) is 19.5. The van der Waals surface area contributed by atoms with Gasteiger partial charge in [0.2, 0.25) is 0 Å². The van der Waals surface area contributed by atoms with Gasteiger partial charge in [0, 0.05) is 52.4 Å². The van der Waals surface area contributed by atoms with E-state index in [-0.39, 0.29) is 0 Å². The van der Waals surface area contributed by atoms with Gasteiger partial charge in [0.05, 0.1) is 5.54 Å². The van der Waals surface area contributed by atoms with E-state index in [1.54, 1.807) is 0 Å². The average Bonchev–Trinajstić information content (AvgIpc) is 2.89. The van der Waals surface area contributed by atoms with Crippen LogP contribution >= 0.6 is 0 Å². The molecule has 9 N–H and O–H groups in total. The molecule has 33 heavy (non-hydrogen) atoms. The van der Waals surface area contributed by atoms with Crippen LogP contribution in [-0.2, 0) is 5.54 Å². The lowest BCUT2D eigenvalue weighted by Gasteiger charge is -2.37. The third kappa shape index (κ3) is 8.37. The molecule has 0 atom stereocenters. The van der Waals surface area contributed by atoms with Gasteiger partial charge in [-0.1, -0.05) is 91.0 Å². The van der Waals surface area contributed by atoms with Gasteiger partial charge < -0.3 is 27.8 Å². The maximum atomic E-state index is 5.59. The van der Waals surface area contributed by atoms with Crippen LogP contribution in [0.15, 0.2) is 91.0 Å². The largest absolute Gasteiger partial charge is 0.329 e. The summed E-state index contributed by atoms with van der Waals surface area (Å²) in [7, 11) is 0. The molecule has 0 heterocycles. The standard InChI is InChI=1S/C23H27N3.C4H13N3/c24-16-17-25-18-19-26-23(20-10-4-1-5-11-20,21-12-6-2-7-13-21)22-14-8-3-9-15-22;5-1-3-7-4-2-6/h1-15,25-26H,16-19,24H2;7H,1-6H2. The Morgan fingerprint density at radius 1 is 0.455 bits per heavy atom. The van der Waals surface area contributed by atoms with Gasteiger partial charge >= 0.3 is 0 Å². The van der Waals surface area contributed by atoms with Crippen molar-refractivity contribution < 1.29 is 0 Å². The first-order valence-electron chi connectivity index (χ1n) is 11.7. The van der Waals surface area contributed by atoms with Crippen LogP contribution < -0.4 is 33.2 Å². The predicted molar refractivity (Wildman–Crippen MR) is 140 cm³/mol. The fraction of sp³-hybridized carbons (Fsp3) is 0.333. The van der Waals surface area contributed by atoms with Crippen LogP contribution in [0.5, 0.6) is 0 Å². The predicted octanol–water partition coefficient (Wildman–Crippen LogP) is 1.61. The molecule has 0 amide bonds. The lowest BCUT2D eigenvalue weighted by Crippen LogP contribution is -2.47. The molecule has 3 aromatic carbocycles. The minimum atomic E-state index is -0.395. The molecule has 0 spiro atoms. The summed E-state index contributed by atoms with van der Waals surface area (Å²) in [5.41, 5.74) is 19.2. The van der Waals surface area contributed by atoms with E-state index in [0.29, 0.717) is 19.6 Å². The Morgan fingerprint density at radius 3 is 1.12 bits per heavy atom. The van der Waals surface area contributed by atoms with Crippen molar-refractivity contribution >= 4 is 0 Å². The summed E-state index contributed by atoms with van der Waals surface area (Å²) >= 11 is 0. The van der Waals surface area contributed by atoms with E-state index >= 15 is 0 Å². The molecule has 0 aliphatic rings. The quantitative estimate of drug-likeness (QED) is 0.175. The van der Waals surface area contributed by atoms with Crippen molar-refractivity contribution in [2.75, 3.05) is 52.4 Å². The Hall–Kier alpha value is -2.58. The third-order valence-electron chi connectivity index (χ3n) is 5.28. The van der Waals surface area contributed by atoms with Crippen LogP contribution in [0.2, 0.25) is 0 Å². The number of nitrogens with two attached hydrogens (primary N) is 3. The first kappa shape index (κ1) is 26.7. The number of rotatable bonds is 13. The topological polar surface area (TPSA) is 114 Å². The van der Waals surface area contributed by atoms with E-state index < -0.39 is 5.54 Å². The number of benzene rings is 3. The Morgan fingerprint density at radius 2 is 0.788 bits per heavy atom. The fourth-order valence-electron chi connectivity index (χ4n) is 3.77. The summed E-state index contributed by atoms with van der Waals surface area (Å²) in [5.74, 6) is 0. The molecule has 0 aliphatic carbocycles. The minimum Gasteiger partial charge on any atom is -0.329 e. The molecule has 0 unspecified atom stereocenters. The monoisotopic (exact) mass is 448 g/mol. The molecule has 3 aromatic rings. The van der Waals surface area contributed by atoms with Crippen LogP contribution in [0.25, 0.3) is 0 Å². The molecule has 0 radical (unpaired) electrons. The highest BCUT2D eigenvalue weighted by Gasteiger charge is 2.35. The van der Waals surface area contributed by atoms with Crippen molar-refractivity contribution in [3.05, 3.63) is 108 Å². The zero-order valence-corrected chi connectivity index (χ0v) is 19.5. The molecule has 0 bridgehead atoms. The summed E-state index contributed by atoms with van der Waals surface area (Å²) in [6, 6.07) is 32.0. The molecular weight excluding hydrogens is 408 g/mol. The van der Waals surface area contributed by atoms with E-state index in [2.05, 4.69) is 107 Å². The van der Waals surface area contributed by atoms with Crippen molar-refractivity contribution in [3.8, 4) is 0 Å². The lowest BCUT2D eigenvalue weighted by molar-refractivity contribution is 0.464. The van der Waals surface area contributed by atoms with Gasteiger partial charge in [-0.25, -0.2) is 0 Å². The Bertz CT molecular complexity index is 742. The van der Waals surface area contributed by atoms with Gasteiger partial charge in [-0.3, -0.25) is 5.32 Å². The molecule has 0 aromatic heterocycles. The van der Waals surface area contributed by atoms with Crippen molar-refractivity contribution in [3.63, 3.8) is 0 Å². The molecule has 0 saturated heterocycles. The van der Waals surface area contributed by atoms with Gasteiger partial charge in [-0.15, -0.1) is 0 Å². The molecule has 0 fully saturated rings. The summed E-state index contributed by atoms with van der Waals surface area (Å²) in [5, 5.41) is 10.2. The van der Waals surface area contributed by atoms with Gasteiger partial charge in [-0.2, -0.15) is 0 Å². The molecule has 6 heteroatoms. The number of hydrogen-bond acceptors (Lipinski definition) is 6. The van der Waals surface area contributed by atoms with Gasteiger partial charge in [0.25, 0.3) is 0 Å². The van der Waals surface area contributed by atoms with Crippen LogP contribution in [0.1, 0.15) is 16.7 Å². The normalized spacial score (nSPS) is 11.0. The summed E-state index contributed by atoms with van der Waals surface area (Å²) in [4.78, 5) is 0. The molecular formula is C27H40N6. The Balaban J connectivity index is 0.000000479. The van der Waals surface area contributed by atoms with Gasteiger partial charge in [-0.05, 0) is 16.7 Å². The molecule has 3 rings (SSSR count). The van der Waals surface area contributed by atoms with Crippen molar-refractivity contribution in [2.45, 2.75) is 5.54 Å². The first-order valence-corrected chi connectivity index (χ1v) is 11.7. The van der Waals surface area contributed by atoms with E-state index in [4.69, 9.17) is 17.2 Å². The van der Waals surface area contributed by atoms with Gasteiger partial charge in [0.15, 0.2) is 0 Å². The van der Waals surface area contributed by atoms with E-state index in [1.807, 2.05) is 0 Å². The number of hydrogen-bond donors (Lipinski definition) is 6. The second-order valence-electron chi connectivity index (χ2n) is 7.64. The van der Waals surface area contributed by atoms with E-state index in [1.165, 1.54) is 16.7 Å². The van der Waals surface area contributed by atoms with Crippen molar-refractivity contribution in [1.82, 2.24) is 16.0 Å². The third-order valence-corrected chi connectivity index (χ3v) is 5.28. The second kappa shape index (κ2) is 16.1. The summed E-state index contributed by atoms with van der Waals surface area (Å²) in [6.45, 7) is 6.32. The smallest absolute Gasteiger partial charge is 0.0948 e. The highest BCUT2D eigenvalue weighted by atomic mass is 15.0. The second-order valence-corrected chi connectivity index (χ2v) is 7.64. The molecule has 0 aliphatic heterocycles. The molecule has 0 saturated carbocycles. The van der Waals surface area contributed by atoms with Crippen molar-refractivity contribution in [2.24, 2.45) is 17.2 Å². The van der Waals surface area contributed by atoms with E-state index in [9.17, 15) is 0 Å². The molecule has 6 nitrogen and oxygen atoms in total. The summed E-state index contributed by atoms with van der Waals surface area (Å²) < 4.78 is 0. The Kier molecular flexibility index (Phi) is 13.0. The highest BCUT2D eigenvalue weighted by Crippen LogP contribution is 2.36.